The number of hydrogen-bond donors (Lipinski definition) is 1. The van der Waals surface area contributed by atoms with Gasteiger partial charge in [0.2, 0.25) is 0 Å². The summed E-state index contributed by atoms with van der Waals surface area (Å²) in [6.07, 6.45) is 2.46. The first-order valence-corrected chi connectivity index (χ1v) is 4.84. The second kappa shape index (κ2) is 3.18. The molecule has 0 aliphatic carbocycles. The van der Waals surface area contributed by atoms with Crippen LogP contribution in [-0.4, -0.2) is 40.9 Å². The van der Waals surface area contributed by atoms with Gasteiger partial charge in [-0.2, -0.15) is 0 Å². The van der Waals surface area contributed by atoms with Crippen LogP contribution < -0.4 is 0 Å². The number of hydrogen-bond acceptors (Lipinski definition) is 3. The average molecular weight is 185 g/mol. The third kappa shape index (κ3) is 1.29. The number of fused-ring (bicyclic) bond motifs is 2. The number of carbonyl (C=O) groups is 1. The molecule has 1 amide bonds. The van der Waals surface area contributed by atoms with E-state index in [0.717, 1.165) is 12.8 Å². The number of piperidine rings is 1. The molecule has 1 unspecified atom stereocenters. The van der Waals surface area contributed by atoms with E-state index in [1.165, 1.54) is 0 Å². The van der Waals surface area contributed by atoms with Crippen LogP contribution in [0.25, 0.3) is 0 Å². The Hall–Kier alpha value is -0.770. The van der Waals surface area contributed by atoms with Crippen molar-refractivity contribution in [3.63, 3.8) is 0 Å². The van der Waals surface area contributed by atoms with Crippen molar-refractivity contribution in [3.8, 4) is 0 Å². The van der Waals surface area contributed by atoms with E-state index in [1.807, 2.05) is 6.92 Å². The summed E-state index contributed by atoms with van der Waals surface area (Å²) in [6, 6.07) is 0.379. The Kier molecular flexibility index (Phi) is 2.15. The van der Waals surface area contributed by atoms with Crippen molar-refractivity contribution in [2.75, 3.05) is 6.61 Å². The van der Waals surface area contributed by atoms with Crippen LogP contribution in [0.4, 0.5) is 4.79 Å². The molecule has 0 radical (unpaired) electrons. The first-order valence-electron chi connectivity index (χ1n) is 4.84. The maximum atomic E-state index is 11.4. The predicted molar refractivity (Wildman–Crippen MR) is 46.3 cm³/mol. The molecule has 2 bridgehead atoms. The molecule has 0 aromatic heterocycles. The van der Waals surface area contributed by atoms with Crippen LogP contribution in [0.3, 0.4) is 0 Å². The van der Waals surface area contributed by atoms with E-state index in [4.69, 9.17) is 9.84 Å². The third-order valence-corrected chi connectivity index (χ3v) is 3.08. The highest BCUT2D eigenvalue weighted by molar-refractivity contribution is 5.71. The van der Waals surface area contributed by atoms with E-state index in [2.05, 4.69) is 0 Å². The number of rotatable bonds is 2. The van der Waals surface area contributed by atoms with Gasteiger partial charge in [-0.1, -0.05) is 0 Å². The Balaban J connectivity index is 2.11. The van der Waals surface area contributed by atoms with E-state index in [-0.39, 0.29) is 30.9 Å². The normalized spacial score (nSPS) is 37.8. The molecule has 2 saturated heterocycles. The van der Waals surface area contributed by atoms with Crippen molar-refractivity contribution in [2.24, 2.45) is 0 Å². The summed E-state index contributed by atoms with van der Waals surface area (Å²) in [4.78, 5) is 13.2. The van der Waals surface area contributed by atoms with Gasteiger partial charge in [-0.15, -0.1) is 0 Å². The van der Waals surface area contributed by atoms with E-state index in [9.17, 15) is 4.79 Å². The zero-order valence-electron chi connectivity index (χ0n) is 7.77. The lowest BCUT2D eigenvalue weighted by Gasteiger charge is -2.34. The van der Waals surface area contributed by atoms with Gasteiger partial charge in [0, 0.05) is 12.6 Å². The molecule has 4 nitrogen and oxygen atoms in total. The summed E-state index contributed by atoms with van der Waals surface area (Å²) in [5, 5.41) is 8.84. The van der Waals surface area contributed by atoms with E-state index >= 15 is 0 Å². The molecule has 2 fully saturated rings. The molecule has 74 valence electrons. The summed E-state index contributed by atoms with van der Waals surface area (Å²) in [7, 11) is 0. The van der Waals surface area contributed by atoms with Crippen molar-refractivity contribution in [1.29, 1.82) is 0 Å². The molecule has 13 heavy (non-hydrogen) atoms. The Bertz CT molecular complexity index is 219. The standard InChI is InChI=1S/C9H15NO3/c1-6-8-3-2-7(4-5-11)10(6)9(12)13-8/h6-8,11H,2-5H2,1H3/t6?,7-,8-/m0/s1. The molecule has 3 atom stereocenters. The first-order chi connectivity index (χ1) is 6.24. The highest BCUT2D eigenvalue weighted by Gasteiger charge is 2.45. The lowest BCUT2D eigenvalue weighted by atomic mass is 9.94. The molecule has 1 N–H and O–H groups in total. The van der Waals surface area contributed by atoms with Crippen LogP contribution in [0, 0.1) is 0 Å². The zero-order chi connectivity index (χ0) is 9.42. The monoisotopic (exact) mass is 185 g/mol. The number of aliphatic hydroxyl groups excluding tert-OH is 1. The van der Waals surface area contributed by atoms with Crippen molar-refractivity contribution >= 4 is 6.09 Å². The quantitative estimate of drug-likeness (QED) is 0.690. The fraction of sp³-hybridized carbons (Fsp3) is 0.889. The van der Waals surface area contributed by atoms with Crippen molar-refractivity contribution < 1.29 is 14.6 Å². The highest BCUT2D eigenvalue weighted by Crippen LogP contribution is 2.33. The highest BCUT2D eigenvalue weighted by atomic mass is 16.6. The minimum absolute atomic E-state index is 0.0856. The molecule has 0 spiro atoms. The Morgan fingerprint density at radius 3 is 3.08 bits per heavy atom. The summed E-state index contributed by atoms with van der Waals surface area (Å²) in [5.74, 6) is 0. The molecular formula is C9H15NO3. The number of aliphatic hydroxyl groups is 1. The topological polar surface area (TPSA) is 49.8 Å². The fourth-order valence-corrected chi connectivity index (χ4v) is 2.34. The van der Waals surface area contributed by atoms with Gasteiger partial charge in [-0.3, -0.25) is 4.90 Å². The predicted octanol–water partition coefficient (Wildman–Crippen LogP) is 0.741. The van der Waals surface area contributed by atoms with Crippen LogP contribution in [-0.2, 0) is 4.74 Å². The van der Waals surface area contributed by atoms with Gasteiger partial charge >= 0.3 is 6.09 Å². The summed E-state index contributed by atoms with van der Waals surface area (Å²) in [5.41, 5.74) is 0. The van der Waals surface area contributed by atoms with Gasteiger partial charge in [0.1, 0.15) is 6.10 Å². The van der Waals surface area contributed by atoms with Crippen LogP contribution in [0.2, 0.25) is 0 Å². The molecule has 0 saturated carbocycles. The lowest BCUT2D eigenvalue weighted by molar-refractivity contribution is 0.113. The maximum Gasteiger partial charge on any atom is 0.410 e. The minimum Gasteiger partial charge on any atom is -0.444 e. The number of nitrogens with zero attached hydrogens (tertiary/aromatic N) is 1. The van der Waals surface area contributed by atoms with Crippen LogP contribution in [0.1, 0.15) is 26.2 Å². The Morgan fingerprint density at radius 2 is 2.38 bits per heavy atom. The van der Waals surface area contributed by atoms with Gasteiger partial charge < -0.3 is 9.84 Å². The SMILES string of the molecule is CC1[C@@H]2CC[C@@H](CCO)N1C(=O)O2. The molecule has 0 aromatic carbocycles. The molecule has 0 aromatic rings. The zero-order valence-corrected chi connectivity index (χ0v) is 7.77. The van der Waals surface area contributed by atoms with Gasteiger partial charge in [-0.25, -0.2) is 4.79 Å². The number of amides is 1. The van der Waals surface area contributed by atoms with Crippen LogP contribution in [0.15, 0.2) is 0 Å². The minimum atomic E-state index is -0.201. The van der Waals surface area contributed by atoms with Crippen molar-refractivity contribution in [2.45, 2.75) is 44.4 Å². The maximum absolute atomic E-state index is 11.4. The van der Waals surface area contributed by atoms with Crippen LogP contribution >= 0.6 is 0 Å². The summed E-state index contributed by atoms with van der Waals surface area (Å²) in [6.45, 7) is 2.16. The first kappa shape index (κ1) is 8.81. The number of ether oxygens (including phenoxy) is 1. The Morgan fingerprint density at radius 1 is 1.62 bits per heavy atom. The van der Waals surface area contributed by atoms with Crippen molar-refractivity contribution in [3.05, 3.63) is 0 Å². The summed E-state index contributed by atoms with van der Waals surface area (Å²) >= 11 is 0. The average Bonchev–Trinajstić information content (AvgIpc) is 2.29. The largest absolute Gasteiger partial charge is 0.444 e. The van der Waals surface area contributed by atoms with Gasteiger partial charge in [0.15, 0.2) is 0 Å². The molecule has 2 aliphatic heterocycles. The van der Waals surface area contributed by atoms with Crippen molar-refractivity contribution in [1.82, 2.24) is 4.90 Å². The second-order valence-corrected chi connectivity index (χ2v) is 3.81. The molecule has 2 heterocycles. The smallest absolute Gasteiger partial charge is 0.410 e. The Labute approximate surface area is 77.5 Å². The van der Waals surface area contributed by atoms with E-state index in [1.54, 1.807) is 4.90 Å². The molecule has 2 rings (SSSR count). The summed E-state index contributed by atoms with van der Waals surface area (Å²) < 4.78 is 5.18. The molecule has 2 aliphatic rings. The van der Waals surface area contributed by atoms with Gasteiger partial charge in [-0.05, 0) is 26.2 Å². The lowest BCUT2D eigenvalue weighted by Crippen LogP contribution is -2.46. The second-order valence-electron chi connectivity index (χ2n) is 3.81. The molecular weight excluding hydrogens is 170 g/mol. The number of carbonyl (C=O) groups excluding carboxylic acids is 1. The third-order valence-electron chi connectivity index (χ3n) is 3.08. The van der Waals surface area contributed by atoms with Crippen LogP contribution in [0.5, 0.6) is 0 Å². The van der Waals surface area contributed by atoms with E-state index in [0.29, 0.717) is 6.42 Å². The van der Waals surface area contributed by atoms with E-state index < -0.39 is 0 Å². The van der Waals surface area contributed by atoms with Gasteiger partial charge in [0.05, 0.1) is 6.04 Å². The van der Waals surface area contributed by atoms with Gasteiger partial charge in [0.25, 0.3) is 0 Å². The fourth-order valence-electron chi connectivity index (χ4n) is 2.34. The molecule has 4 heteroatoms.